The molecule has 130 valence electrons. The first-order valence-corrected chi connectivity index (χ1v) is 9.66. The molecule has 5 rings (SSSR count). The van der Waals surface area contributed by atoms with Gasteiger partial charge in [-0.15, -0.1) is 0 Å². The second-order valence-electron chi connectivity index (χ2n) is 6.88. The van der Waals surface area contributed by atoms with Gasteiger partial charge in [0, 0.05) is 33.6 Å². The number of fused-ring (bicyclic) bond motifs is 3. The van der Waals surface area contributed by atoms with E-state index in [1.54, 1.807) is 11.8 Å². The molecule has 3 fully saturated rings. The summed E-state index contributed by atoms with van der Waals surface area (Å²) in [5.41, 5.74) is 7.49. The Morgan fingerprint density at radius 3 is 2.44 bits per heavy atom. The van der Waals surface area contributed by atoms with E-state index in [2.05, 4.69) is 10.2 Å². The van der Waals surface area contributed by atoms with E-state index >= 15 is 0 Å². The summed E-state index contributed by atoms with van der Waals surface area (Å²) in [6, 6.07) is 15.9. The molecule has 5 heteroatoms. The van der Waals surface area contributed by atoms with Crippen molar-refractivity contribution >= 4 is 23.4 Å². The molecule has 3 aliphatic rings. The number of nitrogens with zero attached hydrogens (tertiary/aromatic N) is 1. The highest BCUT2D eigenvalue weighted by atomic mass is 32.2. The van der Waals surface area contributed by atoms with Gasteiger partial charge in [-0.2, -0.15) is 0 Å². The van der Waals surface area contributed by atoms with E-state index in [1.165, 1.54) is 25.9 Å². The fourth-order valence-electron chi connectivity index (χ4n) is 3.76. The third kappa shape index (κ3) is 3.67. The van der Waals surface area contributed by atoms with Crippen LogP contribution in [-0.2, 0) is 0 Å². The number of hydrogen-bond donors (Lipinski definition) is 2. The number of nitrogen functional groups attached to an aromatic ring is 1. The first-order chi connectivity index (χ1) is 12.2. The van der Waals surface area contributed by atoms with Crippen LogP contribution in [0, 0.1) is 5.92 Å². The molecular formula is C20H23N3OS. The number of nitrogens with one attached hydrogen (secondary N) is 1. The second kappa shape index (κ2) is 7.10. The molecule has 3 aliphatic heterocycles. The van der Waals surface area contributed by atoms with Crippen molar-refractivity contribution in [2.75, 3.05) is 25.4 Å². The molecule has 25 heavy (non-hydrogen) atoms. The Labute approximate surface area is 152 Å². The van der Waals surface area contributed by atoms with Crippen molar-refractivity contribution < 1.29 is 4.79 Å². The summed E-state index contributed by atoms with van der Waals surface area (Å²) in [5, 5.41) is 3.24. The van der Waals surface area contributed by atoms with Gasteiger partial charge in [0.1, 0.15) is 0 Å². The Hall–Kier alpha value is -1.98. The van der Waals surface area contributed by atoms with Crippen LogP contribution in [-0.4, -0.2) is 36.5 Å². The molecule has 0 unspecified atom stereocenters. The number of amides is 1. The molecule has 2 aromatic carbocycles. The number of piperidine rings is 3. The number of carbonyl (C=O) groups is 1. The van der Waals surface area contributed by atoms with Crippen LogP contribution in [0.2, 0.25) is 0 Å². The van der Waals surface area contributed by atoms with Crippen LogP contribution in [0.5, 0.6) is 0 Å². The van der Waals surface area contributed by atoms with Gasteiger partial charge in [-0.3, -0.25) is 4.79 Å². The molecule has 2 bridgehead atoms. The highest BCUT2D eigenvalue weighted by Gasteiger charge is 2.34. The third-order valence-electron chi connectivity index (χ3n) is 5.24. The molecule has 1 amide bonds. The van der Waals surface area contributed by atoms with E-state index < -0.39 is 0 Å². The van der Waals surface area contributed by atoms with Crippen molar-refractivity contribution in [2.45, 2.75) is 28.7 Å². The quantitative estimate of drug-likeness (QED) is 0.829. The van der Waals surface area contributed by atoms with E-state index in [0.29, 0.717) is 12.0 Å². The van der Waals surface area contributed by atoms with Crippen LogP contribution in [0.25, 0.3) is 0 Å². The van der Waals surface area contributed by atoms with Crippen LogP contribution in [0.4, 0.5) is 5.69 Å². The lowest BCUT2D eigenvalue weighted by Gasteiger charge is -2.44. The zero-order valence-electron chi connectivity index (χ0n) is 14.2. The Morgan fingerprint density at radius 2 is 1.80 bits per heavy atom. The molecule has 0 aliphatic carbocycles. The monoisotopic (exact) mass is 353 g/mol. The normalized spacial score (nSPS) is 24.9. The number of rotatable bonds is 4. The lowest BCUT2D eigenvalue weighted by Crippen LogP contribution is -2.57. The minimum absolute atomic E-state index is 0.0366. The number of anilines is 1. The summed E-state index contributed by atoms with van der Waals surface area (Å²) in [7, 11) is 0. The van der Waals surface area contributed by atoms with Crippen molar-refractivity contribution in [1.82, 2.24) is 10.2 Å². The van der Waals surface area contributed by atoms with Crippen LogP contribution in [0.3, 0.4) is 0 Å². The number of benzene rings is 2. The molecule has 3 saturated heterocycles. The minimum Gasteiger partial charge on any atom is -0.398 e. The van der Waals surface area contributed by atoms with Gasteiger partial charge in [0.15, 0.2) is 0 Å². The molecule has 0 saturated carbocycles. The fourth-order valence-corrected chi connectivity index (χ4v) is 4.61. The van der Waals surface area contributed by atoms with Crippen molar-refractivity contribution in [3.05, 3.63) is 54.1 Å². The lowest BCUT2D eigenvalue weighted by molar-refractivity contribution is 0.0620. The number of carbonyl (C=O) groups excluding carboxylic acids is 1. The fraction of sp³-hybridized carbons (Fsp3) is 0.350. The Balaban J connectivity index is 1.40. The van der Waals surface area contributed by atoms with E-state index in [1.807, 2.05) is 48.5 Å². The minimum atomic E-state index is 0.0366. The molecule has 4 nitrogen and oxygen atoms in total. The van der Waals surface area contributed by atoms with Crippen molar-refractivity contribution in [1.29, 1.82) is 0 Å². The molecule has 0 aromatic heterocycles. The zero-order chi connectivity index (χ0) is 17.2. The first kappa shape index (κ1) is 16.5. The molecule has 0 radical (unpaired) electrons. The Kier molecular flexibility index (Phi) is 4.68. The summed E-state index contributed by atoms with van der Waals surface area (Å²) in [5.74, 6) is 0.680. The van der Waals surface area contributed by atoms with Crippen LogP contribution in [0.1, 0.15) is 23.2 Å². The third-order valence-corrected chi connectivity index (χ3v) is 6.34. The largest absolute Gasteiger partial charge is 0.398 e. The van der Waals surface area contributed by atoms with E-state index in [0.717, 1.165) is 27.6 Å². The first-order valence-electron chi connectivity index (χ1n) is 8.85. The van der Waals surface area contributed by atoms with Gasteiger partial charge in [-0.05, 0) is 68.2 Å². The summed E-state index contributed by atoms with van der Waals surface area (Å²) in [6.07, 6.45) is 2.41. The maximum absolute atomic E-state index is 12.6. The van der Waals surface area contributed by atoms with Crippen LogP contribution >= 0.6 is 11.8 Å². The van der Waals surface area contributed by atoms with Crippen molar-refractivity contribution in [3.8, 4) is 0 Å². The summed E-state index contributed by atoms with van der Waals surface area (Å²) in [6.45, 7) is 3.37. The SMILES string of the molecule is Nc1ccccc1Sc1ccc(C(=O)N[C@H]2CN3CCC2CC3)cc1. The maximum Gasteiger partial charge on any atom is 0.251 e. The highest BCUT2D eigenvalue weighted by molar-refractivity contribution is 7.99. The highest BCUT2D eigenvalue weighted by Crippen LogP contribution is 2.32. The van der Waals surface area contributed by atoms with Gasteiger partial charge < -0.3 is 16.0 Å². The molecule has 2 aromatic rings. The molecule has 0 spiro atoms. The van der Waals surface area contributed by atoms with E-state index in [-0.39, 0.29) is 5.91 Å². The summed E-state index contributed by atoms with van der Waals surface area (Å²) >= 11 is 1.62. The lowest BCUT2D eigenvalue weighted by atomic mass is 9.84. The van der Waals surface area contributed by atoms with Crippen molar-refractivity contribution in [2.24, 2.45) is 5.92 Å². The van der Waals surface area contributed by atoms with Gasteiger partial charge in [0.25, 0.3) is 5.91 Å². The Bertz CT molecular complexity index is 754. The topological polar surface area (TPSA) is 58.4 Å². The molecule has 3 heterocycles. The predicted molar refractivity (Wildman–Crippen MR) is 102 cm³/mol. The summed E-state index contributed by atoms with van der Waals surface area (Å²) < 4.78 is 0. The summed E-state index contributed by atoms with van der Waals surface area (Å²) in [4.78, 5) is 17.1. The maximum atomic E-state index is 12.6. The van der Waals surface area contributed by atoms with Crippen LogP contribution < -0.4 is 11.1 Å². The second-order valence-corrected chi connectivity index (χ2v) is 8.00. The van der Waals surface area contributed by atoms with Gasteiger partial charge in [-0.1, -0.05) is 23.9 Å². The van der Waals surface area contributed by atoms with E-state index in [9.17, 15) is 4.79 Å². The van der Waals surface area contributed by atoms with Gasteiger partial charge in [0.05, 0.1) is 0 Å². The number of nitrogens with two attached hydrogens (primary N) is 1. The average Bonchev–Trinajstić information content (AvgIpc) is 2.65. The average molecular weight is 353 g/mol. The van der Waals surface area contributed by atoms with Gasteiger partial charge >= 0.3 is 0 Å². The van der Waals surface area contributed by atoms with Gasteiger partial charge in [-0.25, -0.2) is 0 Å². The van der Waals surface area contributed by atoms with Gasteiger partial charge in [0.2, 0.25) is 0 Å². The predicted octanol–water partition coefficient (Wildman–Crippen LogP) is 3.24. The van der Waals surface area contributed by atoms with Crippen LogP contribution in [0.15, 0.2) is 58.3 Å². The number of hydrogen-bond acceptors (Lipinski definition) is 4. The Morgan fingerprint density at radius 1 is 1.08 bits per heavy atom. The van der Waals surface area contributed by atoms with E-state index in [4.69, 9.17) is 5.73 Å². The van der Waals surface area contributed by atoms with Crippen molar-refractivity contribution in [3.63, 3.8) is 0 Å². The smallest absolute Gasteiger partial charge is 0.251 e. The zero-order valence-corrected chi connectivity index (χ0v) is 15.0. The molecule has 1 atom stereocenters. The standard InChI is InChI=1S/C20H23N3OS/c21-17-3-1-2-4-19(17)25-16-7-5-15(6-8-16)20(24)22-18-13-23-11-9-14(18)10-12-23/h1-8,14,18H,9-13,21H2,(H,22,24)/t18-/m0/s1. The molecule has 3 N–H and O–H groups in total. The molecular weight excluding hydrogens is 330 g/mol. The number of para-hydroxylation sites is 1.